The van der Waals surface area contributed by atoms with E-state index in [2.05, 4.69) is 34.2 Å². The molecule has 94 valence electrons. The van der Waals surface area contributed by atoms with Gasteiger partial charge in [0.05, 0.1) is 11.8 Å². The highest BCUT2D eigenvalue weighted by atomic mass is 32.1. The Morgan fingerprint density at radius 1 is 1.28 bits per heavy atom. The summed E-state index contributed by atoms with van der Waals surface area (Å²) in [5, 5.41) is 18.1. The third-order valence-corrected chi connectivity index (χ3v) is 3.93. The van der Waals surface area contributed by atoms with E-state index >= 15 is 0 Å². The molecule has 0 radical (unpaired) electrons. The Morgan fingerprint density at radius 3 is 2.67 bits per heavy atom. The van der Waals surface area contributed by atoms with E-state index in [0.29, 0.717) is 5.92 Å². The van der Waals surface area contributed by atoms with Crippen molar-refractivity contribution in [1.82, 2.24) is 29.6 Å². The van der Waals surface area contributed by atoms with Crippen LogP contribution in [0.25, 0.3) is 15.5 Å². The van der Waals surface area contributed by atoms with Crippen molar-refractivity contribution in [3.8, 4) is 10.6 Å². The van der Waals surface area contributed by atoms with E-state index in [1.807, 2.05) is 29.4 Å². The van der Waals surface area contributed by atoms with Crippen LogP contribution in [0.3, 0.4) is 0 Å². The Balaban J connectivity index is 2.17. The Labute approximate surface area is 108 Å². The van der Waals surface area contributed by atoms with Crippen LogP contribution in [0.1, 0.15) is 31.3 Å². The fourth-order valence-corrected chi connectivity index (χ4v) is 2.72. The first-order valence-corrected chi connectivity index (χ1v) is 6.60. The quantitative estimate of drug-likeness (QED) is 0.709. The first-order chi connectivity index (χ1) is 8.58. The minimum absolute atomic E-state index is 0.310. The minimum atomic E-state index is 0.310. The third-order valence-electron chi connectivity index (χ3n) is 3.00. The molecule has 0 amide bonds. The lowest BCUT2D eigenvalue weighted by molar-refractivity contribution is 0.726. The third kappa shape index (κ3) is 1.54. The van der Waals surface area contributed by atoms with E-state index in [1.165, 1.54) is 0 Å². The van der Waals surface area contributed by atoms with Gasteiger partial charge in [0.25, 0.3) is 0 Å². The number of hydrogen-bond donors (Lipinski definition) is 0. The fraction of sp³-hybridized carbons (Fsp3) is 0.455. The zero-order valence-corrected chi connectivity index (χ0v) is 11.6. The van der Waals surface area contributed by atoms with E-state index in [1.54, 1.807) is 11.3 Å². The van der Waals surface area contributed by atoms with Gasteiger partial charge in [0.15, 0.2) is 10.8 Å². The molecule has 18 heavy (non-hydrogen) atoms. The zero-order valence-electron chi connectivity index (χ0n) is 10.7. The van der Waals surface area contributed by atoms with Gasteiger partial charge in [0.1, 0.15) is 0 Å². The van der Waals surface area contributed by atoms with Crippen LogP contribution in [0.4, 0.5) is 0 Å². The maximum atomic E-state index is 4.60. The van der Waals surface area contributed by atoms with Crippen molar-refractivity contribution in [1.29, 1.82) is 0 Å². The Bertz CT molecular complexity index is 704. The van der Waals surface area contributed by atoms with Crippen LogP contribution < -0.4 is 0 Å². The summed E-state index contributed by atoms with van der Waals surface area (Å²) in [6, 6.07) is 0. The SMILES string of the molecule is Cc1c(-c2nn3c(C(C)C)nnc3s2)cnn1C. The lowest BCUT2D eigenvalue weighted by atomic mass is 10.2. The van der Waals surface area contributed by atoms with Crippen molar-refractivity contribution >= 4 is 16.3 Å². The average Bonchev–Trinajstić information content (AvgIpc) is 2.94. The van der Waals surface area contributed by atoms with Gasteiger partial charge in [-0.05, 0) is 6.92 Å². The second-order valence-corrected chi connectivity index (χ2v) is 5.54. The van der Waals surface area contributed by atoms with Gasteiger partial charge in [-0.15, -0.1) is 10.2 Å². The first-order valence-electron chi connectivity index (χ1n) is 5.79. The monoisotopic (exact) mass is 262 g/mol. The molecule has 3 heterocycles. The van der Waals surface area contributed by atoms with Crippen molar-refractivity contribution < 1.29 is 0 Å². The first kappa shape index (κ1) is 11.3. The molecule has 3 rings (SSSR count). The molecular formula is C11H14N6S. The molecule has 3 aromatic heterocycles. The fourth-order valence-electron chi connectivity index (χ4n) is 1.81. The van der Waals surface area contributed by atoms with Crippen LogP contribution in [-0.4, -0.2) is 29.6 Å². The molecule has 0 aliphatic heterocycles. The summed E-state index contributed by atoms with van der Waals surface area (Å²) in [7, 11) is 1.93. The van der Waals surface area contributed by atoms with Crippen molar-refractivity contribution in [2.75, 3.05) is 0 Å². The molecule has 0 bridgehead atoms. The molecule has 0 fully saturated rings. The molecule has 0 aliphatic rings. The number of hydrogen-bond acceptors (Lipinski definition) is 5. The maximum absolute atomic E-state index is 4.60. The number of aryl methyl sites for hydroxylation is 1. The average molecular weight is 262 g/mol. The zero-order chi connectivity index (χ0) is 12.9. The van der Waals surface area contributed by atoms with Crippen molar-refractivity contribution in [2.24, 2.45) is 7.05 Å². The van der Waals surface area contributed by atoms with Crippen molar-refractivity contribution in [2.45, 2.75) is 26.7 Å². The van der Waals surface area contributed by atoms with E-state index < -0.39 is 0 Å². The molecule has 0 N–H and O–H groups in total. The Morgan fingerprint density at radius 2 is 2.06 bits per heavy atom. The summed E-state index contributed by atoms with van der Waals surface area (Å²) in [5.41, 5.74) is 2.16. The highest BCUT2D eigenvalue weighted by Gasteiger charge is 2.17. The normalized spacial score (nSPS) is 11.8. The van der Waals surface area contributed by atoms with Gasteiger partial charge in [-0.3, -0.25) is 4.68 Å². The highest BCUT2D eigenvalue weighted by Crippen LogP contribution is 2.28. The summed E-state index contributed by atoms with van der Waals surface area (Å²) in [6.45, 7) is 6.21. The second kappa shape index (κ2) is 3.88. The van der Waals surface area contributed by atoms with Gasteiger partial charge >= 0.3 is 0 Å². The van der Waals surface area contributed by atoms with Crippen LogP contribution in [0.2, 0.25) is 0 Å². The van der Waals surface area contributed by atoms with Gasteiger partial charge in [0, 0.05) is 18.7 Å². The van der Waals surface area contributed by atoms with Crippen molar-refractivity contribution in [3.63, 3.8) is 0 Å². The van der Waals surface area contributed by atoms with Crippen LogP contribution in [0.5, 0.6) is 0 Å². The van der Waals surface area contributed by atoms with Gasteiger partial charge in [0.2, 0.25) is 4.96 Å². The summed E-state index contributed by atoms with van der Waals surface area (Å²) in [5.74, 6) is 1.21. The number of rotatable bonds is 2. The van der Waals surface area contributed by atoms with E-state index in [4.69, 9.17) is 0 Å². The smallest absolute Gasteiger partial charge is 0.234 e. The summed E-state index contributed by atoms with van der Waals surface area (Å²) < 4.78 is 3.68. The Hall–Kier alpha value is -1.76. The van der Waals surface area contributed by atoms with E-state index in [0.717, 1.165) is 27.1 Å². The molecule has 7 heteroatoms. The predicted octanol–water partition coefficient (Wildman–Crippen LogP) is 2.02. The number of aromatic nitrogens is 6. The topological polar surface area (TPSA) is 60.9 Å². The molecule has 3 aromatic rings. The summed E-state index contributed by atoms with van der Waals surface area (Å²) >= 11 is 1.54. The number of nitrogens with zero attached hydrogens (tertiary/aromatic N) is 6. The van der Waals surface area contributed by atoms with Gasteiger partial charge < -0.3 is 0 Å². The van der Waals surface area contributed by atoms with Crippen LogP contribution in [0.15, 0.2) is 6.20 Å². The molecule has 0 spiro atoms. The molecule has 0 atom stereocenters. The van der Waals surface area contributed by atoms with Crippen LogP contribution >= 0.6 is 11.3 Å². The van der Waals surface area contributed by atoms with Crippen LogP contribution in [0, 0.1) is 6.92 Å². The summed E-state index contributed by atoms with van der Waals surface area (Å²) in [6.07, 6.45) is 1.84. The van der Waals surface area contributed by atoms with E-state index in [-0.39, 0.29) is 0 Å². The molecule has 0 aromatic carbocycles. The maximum Gasteiger partial charge on any atom is 0.234 e. The van der Waals surface area contributed by atoms with Gasteiger partial charge in [-0.2, -0.15) is 14.7 Å². The number of fused-ring (bicyclic) bond motifs is 1. The standard InChI is InChI=1S/C11H14N6S/c1-6(2)9-13-14-11-17(9)15-10(18-11)8-5-12-16(4)7(8)3/h5-6H,1-4H3. The lowest BCUT2D eigenvalue weighted by Crippen LogP contribution is -1.98. The molecule has 0 unspecified atom stereocenters. The Kier molecular flexibility index (Phi) is 2.44. The molecule has 0 saturated heterocycles. The molecule has 0 saturated carbocycles. The van der Waals surface area contributed by atoms with Crippen molar-refractivity contribution in [3.05, 3.63) is 17.7 Å². The van der Waals surface area contributed by atoms with Gasteiger partial charge in [-0.1, -0.05) is 25.2 Å². The highest BCUT2D eigenvalue weighted by molar-refractivity contribution is 7.19. The largest absolute Gasteiger partial charge is 0.272 e. The second-order valence-electron chi connectivity index (χ2n) is 4.58. The molecule has 0 aliphatic carbocycles. The lowest BCUT2D eigenvalue weighted by Gasteiger charge is -1.98. The minimum Gasteiger partial charge on any atom is -0.272 e. The summed E-state index contributed by atoms with van der Waals surface area (Å²) in [4.78, 5) is 0.831. The molecule has 6 nitrogen and oxygen atoms in total. The van der Waals surface area contributed by atoms with Gasteiger partial charge in [-0.25, -0.2) is 0 Å². The predicted molar refractivity (Wildman–Crippen MR) is 69.7 cm³/mol. The van der Waals surface area contributed by atoms with Crippen LogP contribution in [-0.2, 0) is 7.05 Å². The molecular weight excluding hydrogens is 248 g/mol. The van der Waals surface area contributed by atoms with E-state index in [9.17, 15) is 0 Å².